The minimum atomic E-state index is -4.96. The molecule has 0 aliphatic rings. The number of allylic oxidation sites excluding steroid dienone is 26. The van der Waals surface area contributed by atoms with Gasteiger partial charge in [-0.25, -0.2) is 9.13 Å². The van der Waals surface area contributed by atoms with Crippen LogP contribution in [0.4, 0.5) is 0 Å². The van der Waals surface area contributed by atoms with Gasteiger partial charge in [-0.1, -0.05) is 256 Å². The highest BCUT2D eigenvalue weighted by Crippen LogP contribution is 2.45. The van der Waals surface area contributed by atoms with Crippen LogP contribution in [0.25, 0.3) is 0 Å². The molecule has 0 saturated heterocycles. The van der Waals surface area contributed by atoms with E-state index in [0.717, 1.165) is 154 Å². The summed E-state index contributed by atoms with van der Waals surface area (Å²) in [5.74, 6) is -1.69. The molecule has 0 radical (unpaired) electrons. The third kappa shape index (κ3) is 72.2. The lowest BCUT2D eigenvalue weighted by atomic mass is 10.1. The van der Waals surface area contributed by atoms with E-state index in [1.807, 2.05) is 12.2 Å². The van der Waals surface area contributed by atoms with Crippen molar-refractivity contribution in [3.8, 4) is 0 Å². The number of unbranched alkanes of at least 4 members (excludes halogenated alkanes) is 19. The average Bonchev–Trinajstić information content (AvgIpc) is 2.07. The van der Waals surface area contributed by atoms with Crippen molar-refractivity contribution in [2.24, 2.45) is 0 Å². The molecule has 97 heavy (non-hydrogen) atoms. The van der Waals surface area contributed by atoms with Gasteiger partial charge in [0.05, 0.1) is 26.4 Å². The number of esters is 3. The first kappa shape index (κ1) is 92.2. The number of aliphatic hydroxyl groups is 2. The Bertz CT molecular complexity index is 2400. The average molecular weight is 1400 g/mol. The fraction of sp³-hybridized carbons (Fsp3) is 0.633. The van der Waals surface area contributed by atoms with Crippen LogP contribution in [-0.2, 0) is 55.8 Å². The first-order valence-corrected chi connectivity index (χ1v) is 39.8. The molecule has 0 aliphatic carbocycles. The molecule has 0 aromatic rings. The minimum Gasteiger partial charge on any atom is -0.463 e. The quantitative estimate of drug-likeness (QED) is 0.0146. The molecular weight excluding hydrogens is 1270 g/mol. The minimum absolute atomic E-state index is 0.0155. The van der Waals surface area contributed by atoms with E-state index < -0.39 is 91.5 Å². The summed E-state index contributed by atoms with van der Waals surface area (Å²) in [4.78, 5) is 58.5. The molecular formula is C79H130O16P2. The van der Waals surface area contributed by atoms with Gasteiger partial charge in [0, 0.05) is 19.3 Å². The fourth-order valence-electron chi connectivity index (χ4n) is 9.10. The Morgan fingerprint density at radius 2 is 0.557 bits per heavy atom. The van der Waals surface area contributed by atoms with E-state index in [9.17, 15) is 43.5 Å². The normalized spacial score (nSPS) is 15.0. The first-order valence-electron chi connectivity index (χ1n) is 36.8. The number of phosphoric ester groups is 2. The van der Waals surface area contributed by atoms with E-state index in [1.165, 1.54) is 44.9 Å². The van der Waals surface area contributed by atoms with Crippen LogP contribution in [0.5, 0.6) is 0 Å². The van der Waals surface area contributed by atoms with Crippen LogP contribution >= 0.6 is 15.6 Å². The van der Waals surface area contributed by atoms with Gasteiger partial charge in [-0.05, 0) is 148 Å². The van der Waals surface area contributed by atoms with Crippen molar-refractivity contribution >= 4 is 33.6 Å². The molecule has 0 amide bonds. The van der Waals surface area contributed by atoms with Crippen LogP contribution in [0.1, 0.15) is 265 Å². The lowest BCUT2D eigenvalue weighted by Gasteiger charge is -2.21. The van der Waals surface area contributed by atoms with Gasteiger partial charge < -0.3 is 34.2 Å². The highest BCUT2D eigenvalue weighted by molar-refractivity contribution is 7.47. The SMILES string of the molecule is CC/C=C\C/C=C\C/C=C\C/C=C\C/C=C\CCCC(=O)OC(COC(=O)CCCCCCC/C=C\C/C=C\C/C=C\C/C=C\CCCCC)COP(=O)(O)OCC(O)COP(=O)(O)OCC(O)COC(=O)CCCCCCCCC/C=C\C/C=C\C/C=C\C/C=C\CCCCC. The second-order valence-electron chi connectivity index (χ2n) is 24.0. The predicted octanol–water partition coefficient (Wildman–Crippen LogP) is 21.1. The molecule has 0 rings (SSSR count). The maximum atomic E-state index is 12.9. The molecule has 5 atom stereocenters. The molecule has 0 saturated carbocycles. The van der Waals surface area contributed by atoms with Gasteiger partial charge in [0.25, 0.3) is 0 Å². The fourth-order valence-corrected chi connectivity index (χ4v) is 10.7. The van der Waals surface area contributed by atoms with E-state index in [2.05, 4.69) is 167 Å². The summed E-state index contributed by atoms with van der Waals surface area (Å²) < 4.78 is 60.9. The predicted molar refractivity (Wildman–Crippen MR) is 399 cm³/mol. The Hall–Kier alpha value is -4.83. The van der Waals surface area contributed by atoms with Crippen molar-refractivity contribution in [1.82, 2.24) is 0 Å². The van der Waals surface area contributed by atoms with E-state index in [1.54, 1.807) is 0 Å². The van der Waals surface area contributed by atoms with Gasteiger partial charge in [0.2, 0.25) is 0 Å². The summed E-state index contributed by atoms with van der Waals surface area (Å²) in [7, 11) is -9.82. The number of rotatable bonds is 68. The number of ether oxygens (including phenoxy) is 3. The van der Waals surface area contributed by atoms with Gasteiger partial charge >= 0.3 is 33.6 Å². The second-order valence-corrected chi connectivity index (χ2v) is 26.9. The van der Waals surface area contributed by atoms with Crippen LogP contribution in [-0.4, -0.2) is 95.9 Å². The monoisotopic (exact) mass is 1400 g/mol. The summed E-state index contributed by atoms with van der Waals surface area (Å²) in [5.41, 5.74) is 0. The van der Waals surface area contributed by atoms with Crippen molar-refractivity contribution in [2.75, 3.05) is 39.6 Å². The smallest absolute Gasteiger partial charge is 0.463 e. The largest absolute Gasteiger partial charge is 0.472 e. The van der Waals surface area contributed by atoms with Crippen LogP contribution in [0.2, 0.25) is 0 Å². The molecule has 5 unspecified atom stereocenters. The Balaban J connectivity index is 4.75. The van der Waals surface area contributed by atoms with Gasteiger partial charge in [-0.2, -0.15) is 0 Å². The summed E-state index contributed by atoms with van der Waals surface area (Å²) in [6.45, 7) is 2.38. The number of hydrogen-bond donors (Lipinski definition) is 4. The van der Waals surface area contributed by atoms with Gasteiger partial charge in [0.1, 0.15) is 25.4 Å². The molecule has 0 aliphatic heterocycles. The zero-order valence-corrected chi connectivity index (χ0v) is 61.7. The lowest BCUT2D eigenvalue weighted by Crippen LogP contribution is -2.30. The highest BCUT2D eigenvalue weighted by Gasteiger charge is 2.29. The molecule has 0 heterocycles. The first-order chi connectivity index (χ1) is 47.2. The number of carbonyl (C=O) groups is 3. The molecule has 0 bridgehead atoms. The van der Waals surface area contributed by atoms with Crippen LogP contribution in [0.15, 0.2) is 158 Å². The molecule has 0 fully saturated rings. The molecule has 4 N–H and O–H groups in total. The zero-order chi connectivity index (χ0) is 70.9. The lowest BCUT2D eigenvalue weighted by molar-refractivity contribution is -0.161. The van der Waals surface area contributed by atoms with Crippen molar-refractivity contribution in [1.29, 1.82) is 0 Å². The van der Waals surface area contributed by atoms with E-state index in [4.69, 9.17) is 32.3 Å². The third-order valence-corrected chi connectivity index (χ3v) is 16.6. The van der Waals surface area contributed by atoms with E-state index >= 15 is 0 Å². The molecule has 0 aromatic heterocycles. The third-order valence-electron chi connectivity index (χ3n) is 14.7. The van der Waals surface area contributed by atoms with Crippen molar-refractivity contribution in [3.63, 3.8) is 0 Å². The van der Waals surface area contributed by atoms with Gasteiger partial charge in [0.15, 0.2) is 6.10 Å². The van der Waals surface area contributed by atoms with E-state index in [0.29, 0.717) is 25.7 Å². The molecule has 0 spiro atoms. The van der Waals surface area contributed by atoms with Gasteiger partial charge in [-0.15, -0.1) is 0 Å². The van der Waals surface area contributed by atoms with E-state index in [-0.39, 0.29) is 19.3 Å². The number of phosphoric acid groups is 2. The number of hydrogen-bond acceptors (Lipinski definition) is 14. The van der Waals surface area contributed by atoms with Crippen LogP contribution < -0.4 is 0 Å². The summed E-state index contributed by atoms with van der Waals surface area (Å²) >= 11 is 0. The molecule has 16 nitrogen and oxygen atoms in total. The second kappa shape index (κ2) is 71.0. The Morgan fingerprint density at radius 1 is 0.299 bits per heavy atom. The maximum absolute atomic E-state index is 12.9. The number of aliphatic hydroxyl groups excluding tert-OH is 2. The zero-order valence-electron chi connectivity index (χ0n) is 59.9. The van der Waals surface area contributed by atoms with Crippen LogP contribution in [0.3, 0.4) is 0 Å². The number of carbonyl (C=O) groups excluding carboxylic acids is 3. The van der Waals surface area contributed by atoms with Gasteiger partial charge in [-0.3, -0.25) is 32.5 Å². The maximum Gasteiger partial charge on any atom is 0.472 e. The van der Waals surface area contributed by atoms with Crippen LogP contribution in [0, 0.1) is 0 Å². The van der Waals surface area contributed by atoms with Crippen molar-refractivity contribution in [2.45, 2.75) is 283 Å². The highest BCUT2D eigenvalue weighted by atomic mass is 31.2. The molecule has 0 aromatic carbocycles. The Morgan fingerprint density at radius 3 is 0.897 bits per heavy atom. The summed E-state index contributed by atoms with van der Waals surface area (Å²) in [6.07, 6.45) is 87.2. The molecule has 18 heteroatoms. The van der Waals surface area contributed by atoms with Crippen molar-refractivity contribution in [3.05, 3.63) is 158 Å². The summed E-state index contributed by atoms with van der Waals surface area (Å²) in [6, 6.07) is 0. The summed E-state index contributed by atoms with van der Waals surface area (Å²) in [5, 5.41) is 20.6. The topological polar surface area (TPSA) is 231 Å². The van der Waals surface area contributed by atoms with Crippen molar-refractivity contribution < 1.29 is 75.8 Å². The Labute approximate surface area is 587 Å². The Kier molecular flexibility index (Phi) is 67.5. The molecule has 552 valence electrons. The standard InChI is InChI=1S/C79H130O16P2/c1-4-7-10-13-16-19-22-25-28-31-33-35-36-38-40-42-44-47-50-53-56-59-62-65-77(82)89-68-74(80)69-91-96(85,86)92-70-75(81)71-93-97(87,88)94-73-76(95-79(84)67-64-61-58-55-52-49-46-41-30-27-24-21-18-15-12-9-6-3)72-90-78(83)66-63-60-57-54-51-48-45-43-39-37-34-32-29-26-23-20-17-14-11-8-5-2/h9,12,16-21,25-30,33-35,37-38,40,43,45-46,49,55,58,74-76,80-81H,4-8,10-11,13-15,22-24,31-32,36,39,41-42,44,47-48,50-54,56-57,59-73H2,1-3H3,(H,85,86)(H,87,88)/b12-9-,19-16-,20-17-,21-18-,28-25-,29-26-,30-27-,35-33-,37-34-,40-38-,45-43-,49-46-,58-55-.